The van der Waals surface area contributed by atoms with Gasteiger partial charge in [0.25, 0.3) is 0 Å². The van der Waals surface area contributed by atoms with Gasteiger partial charge in [0.1, 0.15) is 5.75 Å². The average molecular weight is 292 g/mol. The van der Waals surface area contributed by atoms with E-state index in [1.807, 2.05) is 30.3 Å². The molecule has 2 heterocycles. The highest BCUT2D eigenvalue weighted by Crippen LogP contribution is 2.28. The summed E-state index contributed by atoms with van der Waals surface area (Å²) < 4.78 is 5.43. The quantitative estimate of drug-likeness (QED) is 0.743. The molecule has 0 spiro atoms. The number of aromatic amines is 1. The standard InChI is InChI=1S/C18H16N2O2/c21-18(22-13-6-2-1-3-7-13)20-11-10-17-15(12-20)14-8-4-5-9-16(14)19-17/h1-9,19H,10-12H2. The van der Waals surface area contributed by atoms with Crippen LogP contribution in [0.4, 0.5) is 4.79 Å². The maximum absolute atomic E-state index is 12.3. The minimum Gasteiger partial charge on any atom is -0.410 e. The molecule has 4 nitrogen and oxygen atoms in total. The minimum atomic E-state index is -0.290. The Morgan fingerprint density at radius 1 is 1.05 bits per heavy atom. The first-order chi connectivity index (χ1) is 10.8. The van der Waals surface area contributed by atoms with E-state index in [9.17, 15) is 4.79 Å². The van der Waals surface area contributed by atoms with E-state index in [1.165, 1.54) is 16.6 Å². The summed E-state index contributed by atoms with van der Waals surface area (Å²) in [5, 5.41) is 1.19. The van der Waals surface area contributed by atoms with Gasteiger partial charge in [0, 0.05) is 35.1 Å². The number of fused-ring (bicyclic) bond motifs is 3. The van der Waals surface area contributed by atoms with E-state index in [2.05, 4.69) is 17.1 Å². The van der Waals surface area contributed by atoms with Crippen LogP contribution in [0.2, 0.25) is 0 Å². The van der Waals surface area contributed by atoms with Crippen molar-refractivity contribution >= 4 is 17.0 Å². The van der Waals surface area contributed by atoms with Crippen molar-refractivity contribution in [3.63, 3.8) is 0 Å². The second-order valence-corrected chi connectivity index (χ2v) is 5.48. The molecule has 0 saturated carbocycles. The van der Waals surface area contributed by atoms with E-state index in [0.717, 1.165) is 11.9 Å². The Morgan fingerprint density at radius 2 is 1.82 bits per heavy atom. The van der Waals surface area contributed by atoms with Crippen molar-refractivity contribution in [1.29, 1.82) is 0 Å². The topological polar surface area (TPSA) is 45.3 Å². The van der Waals surface area contributed by atoms with Gasteiger partial charge in [0.2, 0.25) is 0 Å². The average Bonchev–Trinajstić information content (AvgIpc) is 2.93. The van der Waals surface area contributed by atoms with Gasteiger partial charge >= 0.3 is 6.09 Å². The van der Waals surface area contributed by atoms with E-state index in [4.69, 9.17) is 4.74 Å². The normalized spacial score (nSPS) is 13.9. The lowest BCUT2D eigenvalue weighted by atomic mass is 10.1. The van der Waals surface area contributed by atoms with Crippen molar-refractivity contribution in [2.24, 2.45) is 0 Å². The summed E-state index contributed by atoms with van der Waals surface area (Å²) in [4.78, 5) is 17.5. The van der Waals surface area contributed by atoms with Crippen molar-refractivity contribution in [2.75, 3.05) is 6.54 Å². The molecule has 1 aliphatic rings. The van der Waals surface area contributed by atoms with Crippen LogP contribution in [0.25, 0.3) is 10.9 Å². The van der Waals surface area contributed by atoms with Gasteiger partial charge in [-0.25, -0.2) is 4.79 Å². The van der Waals surface area contributed by atoms with Crippen LogP contribution in [0.5, 0.6) is 5.75 Å². The number of amides is 1. The SMILES string of the molecule is O=C(Oc1ccccc1)N1CCc2[nH]c3ccccc3c2C1. The van der Waals surface area contributed by atoms with Crippen LogP contribution in [-0.4, -0.2) is 22.5 Å². The highest BCUT2D eigenvalue weighted by atomic mass is 16.6. The Bertz CT molecular complexity index is 823. The van der Waals surface area contributed by atoms with Gasteiger partial charge in [-0.1, -0.05) is 36.4 Å². The molecule has 1 aliphatic heterocycles. The van der Waals surface area contributed by atoms with Gasteiger partial charge in [-0.3, -0.25) is 0 Å². The third-order valence-corrected chi connectivity index (χ3v) is 4.09. The lowest BCUT2D eigenvalue weighted by Crippen LogP contribution is -2.37. The summed E-state index contributed by atoms with van der Waals surface area (Å²) in [7, 11) is 0. The highest BCUT2D eigenvalue weighted by molar-refractivity contribution is 5.85. The second kappa shape index (κ2) is 5.22. The monoisotopic (exact) mass is 292 g/mol. The lowest BCUT2D eigenvalue weighted by Gasteiger charge is -2.26. The third kappa shape index (κ3) is 2.22. The number of carbonyl (C=O) groups excluding carboxylic acids is 1. The fourth-order valence-electron chi connectivity index (χ4n) is 2.98. The summed E-state index contributed by atoms with van der Waals surface area (Å²) >= 11 is 0. The number of nitrogens with one attached hydrogen (secondary N) is 1. The van der Waals surface area contributed by atoms with Gasteiger partial charge in [-0.15, -0.1) is 0 Å². The number of para-hydroxylation sites is 2. The number of hydrogen-bond donors (Lipinski definition) is 1. The van der Waals surface area contributed by atoms with Gasteiger partial charge in [0.05, 0.1) is 6.54 Å². The van der Waals surface area contributed by atoms with Crippen molar-refractivity contribution < 1.29 is 9.53 Å². The molecule has 4 heteroatoms. The predicted octanol–water partition coefficient (Wildman–Crippen LogP) is 3.73. The molecule has 1 N–H and O–H groups in total. The predicted molar refractivity (Wildman–Crippen MR) is 84.9 cm³/mol. The molecule has 110 valence electrons. The Kier molecular flexibility index (Phi) is 3.07. The van der Waals surface area contributed by atoms with Crippen LogP contribution in [-0.2, 0) is 13.0 Å². The van der Waals surface area contributed by atoms with Crippen LogP contribution >= 0.6 is 0 Å². The fraction of sp³-hybridized carbons (Fsp3) is 0.167. The molecule has 0 bridgehead atoms. The molecule has 1 amide bonds. The largest absolute Gasteiger partial charge is 0.415 e. The molecule has 3 aromatic rings. The molecule has 2 aromatic carbocycles. The van der Waals surface area contributed by atoms with E-state index >= 15 is 0 Å². The summed E-state index contributed by atoms with van der Waals surface area (Å²) in [6, 6.07) is 17.4. The van der Waals surface area contributed by atoms with Crippen LogP contribution in [0.1, 0.15) is 11.3 Å². The first-order valence-electron chi connectivity index (χ1n) is 7.41. The minimum absolute atomic E-state index is 0.290. The number of hydrogen-bond acceptors (Lipinski definition) is 2. The van der Waals surface area contributed by atoms with Gasteiger partial charge in [-0.05, 0) is 18.2 Å². The zero-order valence-electron chi connectivity index (χ0n) is 12.1. The molecule has 0 aliphatic carbocycles. The van der Waals surface area contributed by atoms with Crippen molar-refractivity contribution in [3.05, 3.63) is 65.9 Å². The summed E-state index contributed by atoms with van der Waals surface area (Å²) in [5.74, 6) is 0.581. The molecule has 0 unspecified atom stereocenters. The smallest absolute Gasteiger partial charge is 0.410 e. The Hall–Kier alpha value is -2.75. The van der Waals surface area contributed by atoms with E-state index < -0.39 is 0 Å². The Balaban J connectivity index is 1.57. The summed E-state index contributed by atoms with van der Waals surface area (Å²) in [5.41, 5.74) is 3.56. The van der Waals surface area contributed by atoms with Gasteiger partial charge in [0.15, 0.2) is 0 Å². The number of benzene rings is 2. The third-order valence-electron chi connectivity index (χ3n) is 4.09. The summed E-state index contributed by atoms with van der Waals surface area (Å²) in [6.07, 6.45) is 0.538. The van der Waals surface area contributed by atoms with Crippen molar-refractivity contribution in [2.45, 2.75) is 13.0 Å². The number of carbonyl (C=O) groups is 1. The van der Waals surface area contributed by atoms with Crippen molar-refractivity contribution in [3.8, 4) is 5.75 Å². The Morgan fingerprint density at radius 3 is 2.68 bits per heavy atom. The van der Waals surface area contributed by atoms with E-state index in [1.54, 1.807) is 17.0 Å². The molecule has 1 aromatic heterocycles. The van der Waals surface area contributed by atoms with Gasteiger partial charge in [-0.2, -0.15) is 0 Å². The molecular weight excluding hydrogens is 276 g/mol. The van der Waals surface area contributed by atoms with Crippen LogP contribution in [0, 0.1) is 0 Å². The zero-order chi connectivity index (χ0) is 14.9. The zero-order valence-corrected chi connectivity index (χ0v) is 12.1. The summed E-state index contributed by atoms with van der Waals surface area (Å²) in [6.45, 7) is 1.26. The fourth-order valence-corrected chi connectivity index (χ4v) is 2.98. The molecule has 22 heavy (non-hydrogen) atoms. The Labute approximate surface area is 128 Å². The molecule has 0 atom stereocenters. The molecule has 0 saturated heterocycles. The van der Waals surface area contributed by atoms with E-state index in [0.29, 0.717) is 18.8 Å². The maximum atomic E-state index is 12.3. The number of aromatic nitrogens is 1. The van der Waals surface area contributed by atoms with Crippen LogP contribution in [0.15, 0.2) is 54.6 Å². The lowest BCUT2D eigenvalue weighted by molar-refractivity contribution is 0.147. The first kappa shape index (κ1) is 13.0. The number of ether oxygens (including phenoxy) is 1. The van der Waals surface area contributed by atoms with Crippen LogP contribution < -0.4 is 4.74 Å². The van der Waals surface area contributed by atoms with E-state index in [-0.39, 0.29) is 6.09 Å². The number of nitrogens with zero attached hydrogens (tertiary/aromatic N) is 1. The second-order valence-electron chi connectivity index (χ2n) is 5.48. The van der Waals surface area contributed by atoms with Crippen LogP contribution in [0.3, 0.4) is 0 Å². The molecular formula is C18H16N2O2. The van der Waals surface area contributed by atoms with Crippen molar-refractivity contribution in [1.82, 2.24) is 9.88 Å². The molecule has 0 fully saturated rings. The van der Waals surface area contributed by atoms with Gasteiger partial charge < -0.3 is 14.6 Å². The highest BCUT2D eigenvalue weighted by Gasteiger charge is 2.25. The number of H-pyrrole nitrogens is 1. The molecule has 0 radical (unpaired) electrons. The maximum Gasteiger partial charge on any atom is 0.415 e. The first-order valence-corrected chi connectivity index (χ1v) is 7.41. The number of rotatable bonds is 1. The molecule has 4 rings (SSSR count).